The number of hydrazone groups is 1. The predicted octanol–water partition coefficient (Wildman–Crippen LogP) is 6.62. The first-order valence-corrected chi connectivity index (χ1v) is 21.2. The third-order valence-corrected chi connectivity index (χ3v) is 12.1. The van der Waals surface area contributed by atoms with E-state index in [4.69, 9.17) is 5.10 Å². The SMILES string of the molecule is CC1CC(C(C)(C)O)C1.Cc1cccc(C(=O)NC2=CC3C=NNC3C=C2N(C)C)n1.Cc1cccc(C(=O)Nc2cc3cn(C4CC(C(C)(C)O)C4)nc3cc2N(C)C)n1. The number of nitrogens with zero attached hydrogens (tertiary/aromatic N) is 7. The van der Waals surface area contributed by atoms with E-state index in [9.17, 15) is 19.8 Å². The maximum absolute atomic E-state index is 12.7. The number of pyridine rings is 2. The summed E-state index contributed by atoms with van der Waals surface area (Å²) in [4.78, 5) is 37.7. The molecule has 8 rings (SSSR count). The molecule has 2 saturated carbocycles. The third-order valence-electron chi connectivity index (χ3n) is 12.1. The quantitative estimate of drug-likeness (QED) is 0.123. The normalized spacial score (nSPS) is 22.6. The highest BCUT2D eigenvalue weighted by Gasteiger charge is 2.40. The van der Waals surface area contributed by atoms with Crippen molar-refractivity contribution < 1.29 is 19.8 Å². The second kappa shape index (κ2) is 18.2. The highest BCUT2D eigenvalue weighted by atomic mass is 16.3. The van der Waals surface area contributed by atoms with Crippen LogP contribution >= 0.6 is 0 Å². The van der Waals surface area contributed by atoms with Gasteiger partial charge in [-0.2, -0.15) is 10.2 Å². The topological polar surface area (TPSA) is 173 Å². The van der Waals surface area contributed by atoms with Crippen LogP contribution in [0.2, 0.25) is 0 Å². The van der Waals surface area contributed by atoms with Crippen molar-refractivity contribution in [1.82, 2.24) is 35.4 Å². The molecule has 1 aliphatic heterocycles. The van der Waals surface area contributed by atoms with Crippen LogP contribution in [-0.2, 0) is 0 Å². The third kappa shape index (κ3) is 11.0. The summed E-state index contributed by atoms with van der Waals surface area (Å²) in [5.74, 6) is 1.42. The summed E-state index contributed by atoms with van der Waals surface area (Å²) in [6.07, 6.45) is 12.2. The van der Waals surface area contributed by atoms with E-state index in [0.29, 0.717) is 29.3 Å². The maximum Gasteiger partial charge on any atom is 0.274 e. The van der Waals surface area contributed by atoms with Gasteiger partial charge in [0.05, 0.1) is 51.6 Å². The molecule has 3 aliphatic carbocycles. The summed E-state index contributed by atoms with van der Waals surface area (Å²) >= 11 is 0. The Balaban J connectivity index is 0.000000175. The molecule has 14 heteroatoms. The molecule has 3 aromatic heterocycles. The zero-order valence-corrected chi connectivity index (χ0v) is 37.6. The van der Waals surface area contributed by atoms with Gasteiger partial charge in [0.2, 0.25) is 0 Å². The standard InChI is InChI=1S/C23H29N5O2.C16H19N5O.C8H16O/c1-14-7-6-8-18(24-14)22(29)25-20-9-15-13-28(17-10-16(11-17)23(2,3)30)26-19(15)12-21(20)27(4)5;1-10-5-4-6-12(18-10)16(22)19-14-7-11-9-17-20-13(11)8-15(14)21(2)3;1-6-4-7(5-6)8(2,3)9/h6-9,12-13,16-17,30H,10-11H2,1-5H3,(H,25,29);4-9,11,13,20H,1-3H3,(H,19,22);6-7,9H,4-5H2,1-3H3. The summed E-state index contributed by atoms with van der Waals surface area (Å²) in [5.41, 5.74) is 8.65. The summed E-state index contributed by atoms with van der Waals surface area (Å²) in [6.45, 7) is 13.5. The van der Waals surface area contributed by atoms with Gasteiger partial charge in [-0.25, -0.2) is 9.97 Å². The molecule has 14 nitrogen and oxygen atoms in total. The van der Waals surface area contributed by atoms with Gasteiger partial charge in [-0.3, -0.25) is 14.3 Å². The lowest BCUT2D eigenvalue weighted by molar-refractivity contribution is -0.0413. The molecule has 61 heavy (non-hydrogen) atoms. The summed E-state index contributed by atoms with van der Waals surface area (Å²) in [6, 6.07) is 15.2. The number of amides is 2. The molecule has 0 radical (unpaired) electrons. The Hall–Kier alpha value is -5.60. The van der Waals surface area contributed by atoms with E-state index < -0.39 is 11.2 Å². The van der Waals surface area contributed by atoms with Crippen molar-refractivity contribution in [1.29, 1.82) is 0 Å². The fourth-order valence-corrected chi connectivity index (χ4v) is 8.03. The molecular weight excluding hydrogens is 769 g/mol. The van der Waals surface area contributed by atoms with Gasteiger partial charge in [-0.15, -0.1) is 0 Å². The number of hydrogen-bond acceptors (Lipinski definition) is 11. The molecule has 1 aromatic carbocycles. The predicted molar refractivity (Wildman–Crippen MR) is 242 cm³/mol. The monoisotopic (exact) mass is 833 g/mol. The van der Waals surface area contributed by atoms with Crippen molar-refractivity contribution in [3.63, 3.8) is 0 Å². The number of rotatable bonds is 9. The van der Waals surface area contributed by atoms with Crippen LogP contribution in [0.25, 0.3) is 10.9 Å². The van der Waals surface area contributed by atoms with Crippen LogP contribution in [0.4, 0.5) is 11.4 Å². The van der Waals surface area contributed by atoms with Gasteiger partial charge in [0.25, 0.3) is 11.8 Å². The molecule has 2 unspecified atom stereocenters. The summed E-state index contributed by atoms with van der Waals surface area (Å²) < 4.78 is 2.00. The Morgan fingerprint density at radius 1 is 0.803 bits per heavy atom. The maximum atomic E-state index is 12.7. The molecule has 0 bridgehead atoms. The second-order valence-corrected chi connectivity index (χ2v) is 18.6. The fraction of sp³-hybridized carbons (Fsp3) is 0.489. The number of carbonyl (C=O) groups is 2. The smallest absolute Gasteiger partial charge is 0.274 e. The Morgan fingerprint density at radius 3 is 1.89 bits per heavy atom. The highest BCUT2D eigenvalue weighted by molar-refractivity contribution is 6.06. The first-order chi connectivity index (χ1) is 28.7. The largest absolute Gasteiger partial charge is 0.390 e. The number of nitrogens with one attached hydrogen (secondary N) is 3. The van der Waals surface area contributed by atoms with Crippen molar-refractivity contribution in [2.24, 2.45) is 28.8 Å². The first kappa shape index (κ1) is 44.9. The van der Waals surface area contributed by atoms with Crippen LogP contribution in [-0.4, -0.2) is 98.3 Å². The number of fused-ring (bicyclic) bond motifs is 2. The van der Waals surface area contributed by atoms with Gasteiger partial charge >= 0.3 is 0 Å². The number of likely N-dealkylation sites (N-methyl/N-ethyl adjacent to an activating group) is 1. The molecule has 2 atom stereocenters. The Kier molecular flexibility index (Phi) is 13.4. The lowest BCUT2D eigenvalue weighted by atomic mass is 9.68. The zero-order chi connectivity index (χ0) is 44.4. The molecule has 0 saturated heterocycles. The van der Waals surface area contributed by atoms with Crippen molar-refractivity contribution in [3.8, 4) is 0 Å². The second-order valence-electron chi connectivity index (χ2n) is 18.6. The molecule has 0 spiro atoms. The Labute approximate surface area is 360 Å². The van der Waals surface area contributed by atoms with Gasteiger partial charge in [-0.05, 0) is 134 Å². The van der Waals surface area contributed by atoms with Gasteiger partial charge < -0.3 is 36.1 Å². The van der Waals surface area contributed by atoms with Crippen LogP contribution in [0.5, 0.6) is 0 Å². The molecule has 2 fully saturated rings. The van der Waals surface area contributed by atoms with Crippen LogP contribution < -0.4 is 21.0 Å². The summed E-state index contributed by atoms with van der Waals surface area (Å²) in [5, 5.41) is 35.5. The summed E-state index contributed by atoms with van der Waals surface area (Å²) in [7, 11) is 7.79. The first-order valence-electron chi connectivity index (χ1n) is 21.2. The van der Waals surface area contributed by atoms with Crippen molar-refractivity contribution >= 4 is 40.3 Å². The number of benzene rings is 1. The number of anilines is 2. The molecule has 4 aromatic rings. The fourth-order valence-electron chi connectivity index (χ4n) is 8.03. The van der Waals surface area contributed by atoms with Crippen molar-refractivity contribution in [2.75, 3.05) is 38.4 Å². The Morgan fingerprint density at radius 2 is 1.38 bits per heavy atom. The number of carbonyl (C=O) groups excluding carboxylic acids is 2. The number of hydrogen-bond donors (Lipinski definition) is 5. The van der Waals surface area contributed by atoms with E-state index in [1.54, 1.807) is 12.1 Å². The van der Waals surface area contributed by atoms with Crippen molar-refractivity contribution in [3.05, 3.63) is 101 Å². The van der Waals surface area contributed by atoms with E-state index in [1.807, 2.05) is 139 Å². The van der Waals surface area contributed by atoms with E-state index in [2.05, 4.69) is 44.1 Å². The molecule has 2 amide bonds. The lowest BCUT2D eigenvalue weighted by Crippen LogP contribution is -2.41. The molecule has 5 N–H and O–H groups in total. The Bertz CT molecular complexity index is 2300. The number of aliphatic hydroxyl groups is 2. The van der Waals surface area contributed by atoms with Gasteiger partial charge in [0.15, 0.2) is 0 Å². The molecule has 4 heterocycles. The van der Waals surface area contributed by atoms with E-state index in [-0.39, 0.29) is 23.8 Å². The average Bonchev–Trinajstić information content (AvgIpc) is 3.78. The van der Waals surface area contributed by atoms with Gasteiger partial charge in [-0.1, -0.05) is 19.1 Å². The van der Waals surface area contributed by atoms with E-state index in [0.717, 1.165) is 63.8 Å². The highest BCUT2D eigenvalue weighted by Crippen LogP contribution is 2.44. The molecule has 326 valence electrons. The van der Waals surface area contributed by atoms with E-state index >= 15 is 0 Å². The lowest BCUT2D eigenvalue weighted by Gasteiger charge is -2.42. The van der Waals surface area contributed by atoms with Crippen LogP contribution in [0, 0.1) is 37.5 Å². The molecular formula is C47H64N10O4. The van der Waals surface area contributed by atoms with Gasteiger partial charge in [0.1, 0.15) is 11.4 Å². The van der Waals surface area contributed by atoms with Crippen LogP contribution in [0.15, 0.2) is 83.4 Å². The van der Waals surface area contributed by atoms with E-state index in [1.165, 1.54) is 12.8 Å². The zero-order valence-electron chi connectivity index (χ0n) is 37.6. The van der Waals surface area contributed by atoms with Gasteiger partial charge in [0, 0.05) is 63.3 Å². The minimum absolute atomic E-state index is 0.148. The number of aryl methyl sites for hydroxylation is 2. The number of aromatic nitrogens is 4. The average molecular weight is 833 g/mol. The van der Waals surface area contributed by atoms with Crippen molar-refractivity contribution in [2.45, 2.75) is 97.4 Å². The van der Waals surface area contributed by atoms with Crippen LogP contribution in [0.1, 0.15) is 98.7 Å². The molecule has 4 aliphatic rings. The minimum atomic E-state index is -0.650. The van der Waals surface area contributed by atoms with Crippen LogP contribution in [0.3, 0.4) is 0 Å². The minimum Gasteiger partial charge on any atom is -0.390 e.